The number of halogens is 1. The molecule has 0 saturated carbocycles. The second kappa shape index (κ2) is 6.27. The number of benzene rings is 1. The van der Waals surface area contributed by atoms with Crippen molar-refractivity contribution in [2.24, 2.45) is 0 Å². The molecule has 1 amide bonds. The standard InChI is InChI=1S/C15H18ClNO3/c1-10-5-6-11(16)8-13(10)15(20)17-7-3-2-4-12(17)9-14(18)19/h5-6,8,12H,2-4,7,9H2,1H3,(H,18,19). The molecule has 1 aromatic carbocycles. The Kier molecular flexibility index (Phi) is 4.65. The summed E-state index contributed by atoms with van der Waals surface area (Å²) < 4.78 is 0. The lowest BCUT2D eigenvalue weighted by atomic mass is 9.97. The number of carbonyl (C=O) groups is 2. The number of nitrogens with zero attached hydrogens (tertiary/aromatic N) is 1. The van der Waals surface area contributed by atoms with Crippen molar-refractivity contribution in [3.05, 3.63) is 34.3 Å². The Morgan fingerprint density at radius 3 is 2.85 bits per heavy atom. The van der Waals surface area contributed by atoms with Gasteiger partial charge in [-0.05, 0) is 43.9 Å². The summed E-state index contributed by atoms with van der Waals surface area (Å²) in [6.07, 6.45) is 2.64. The summed E-state index contributed by atoms with van der Waals surface area (Å²) in [6.45, 7) is 2.47. The van der Waals surface area contributed by atoms with E-state index in [9.17, 15) is 9.59 Å². The van der Waals surface area contributed by atoms with Crippen LogP contribution >= 0.6 is 11.6 Å². The Morgan fingerprint density at radius 1 is 1.40 bits per heavy atom. The first-order chi connectivity index (χ1) is 9.49. The number of carboxylic acid groups (broad SMARTS) is 1. The first-order valence-corrected chi connectivity index (χ1v) is 7.15. The number of carboxylic acids is 1. The summed E-state index contributed by atoms with van der Waals surface area (Å²) in [6, 6.07) is 5.00. The average Bonchev–Trinajstić information content (AvgIpc) is 2.41. The van der Waals surface area contributed by atoms with Crippen molar-refractivity contribution in [2.45, 2.75) is 38.6 Å². The highest BCUT2D eigenvalue weighted by atomic mass is 35.5. The minimum atomic E-state index is -0.863. The van der Waals surface area contributed by atoms with Crippen molar-refractivity contribution in [2.75, 3.05) is 6.54 Å². The lowest BCUT2D eigenvalue weighted by molar-refractivity contribution is -0.138. The van der Waals surface area contributed by atoms with E-state index < -0.39 is 5.97 Å². The highest BCUT2D eigenvalue weighted by Crippen LogP contribution is 2.24. The Balaban J connectivity index is 2.25. The Labute approximate surface area is 123 Å². The zero-order valence-corrected chi connectivity index (χ0v) is 12.2. The number of likely N-dealkylation sites (tertiary alicyclic amines) is 1. The van der Waals surface area contributed by atoms with E-state index in [0.29, 0.717) is 17.1 Å². The molecular weight excluding hydrogens is 278 g/mol. The van der Waals surface area contributed by atoms with E-state index in [1.807, 2.05) is 13.0 Å². The number of hydrogen-bond donors (Lipinski definition) is 1. The minimum absolute atomic E-state index is 0.00531. The number of rotatable bonds is 3. The molecule has 4 nitrogen and oxygen atoms in total. The number of aryl methyl sites for hydroxylation is 1. The molecule has 1 saturated heterocycles. The second-order valence-corrected chi connectivity index (χ2v) is 5.64. The molecule has 1 aromatic rings. The van der Waals surface area contributed by atoms with Crippen LogP contribution in [-0.4, -0.2) is 34.5 Å². The quantitative estimate of drug-likeness (QED) is 0.932. The van der Waals surface area contributed by atoms with Gasteiger partial charge in [0.15, 0.2) is 0 Å². The minimum Gasteiger partial charge on any atom is -0.481 e. The fourth-order valence-electron chi connectivity index (χ4n) is 2.66. The molecule has 0 aromatic heterocycles. The van der Waals surface area contributed by atoms with E-state index in [2.05, 4.69) is 0 Å². The van der Waals surface area contributed by atoms with E-state index in [1.165, 1.54) is 0 Å². The van der Waals surface area contributed by atoms with Crippen molar-refractivity contribution in [1.29, 1.82) is 0 Å². The van der Waals surface area contributed by atoms with Crippen molar-refractivity contribution in [3.8, 4) is 0 Å². The largest absolute Gasteiger partial charge is 0.481 e. The van der Waals surface area contributed by atoms with Crippen molar-refractivity contribution >= 4 is 23.5 Å². The third-order valence-electron chi connectivity index (χ3n) is 3.73. The molecule has 1 aliphatic heterocycles. The number of hydrogen-bond acceptors (Lipinski definition) is 2. The zero-order chi connectivity index (χ0) is 14.7. The van der Waals surface area contributed by atoms with Gasteiger partial charge in [0.2, 0.25) is 0 Å². The molecular formula is C15H18ClNO3. The van der Waals surface area contributed by atoms with Crippen molar-refractivity contribution in [3.63, 3.8) is 0 Å². The van der Waals surface area contributed by atoms with Gasteiger partial charge in [-0.1, -0.05) is 17.7 Å². The fourth-order valence-corrected chi connectivity index (χ4v) is 2.83. The fraction of sp³-hybridized carbons (Fsp3) is 0.467. The van der Waals surface area contributed by atoms with Gasteiger partial charge in [0.1, 0.15) is 0 Å². The zero-order valence-electron chi connectivity index (χ0n) is 11.4. The van der Waals surface area contributed by atoms with E-state index in [-0.39, 0.29) is 18.4 Å². The average molecular weight is 296 g/mol. The Morgan fingerprint density at radius 2 is 2.15 bits per heavy atom. The molecule has 0 bridgehead atoms. The van der Waals surface area contributed by atoms with Crippen molar-refractivity contribution < 1.29 is 14.7 Å². The first-order valence-electron chi connectivity index (χ1n) is 6.78. The summed E-state index contributed by atoms with van der Waals surface area (Å²) >= 11 is 5.96. The van der Waals surface area contributed by atoms with Crippen LogP contribution in [0.25, 0.3) is 0 Å². The van der Waals surface area contributed by atoms with Crippen LogP contribution in [0.5, 0.6) is 0 Å². The van der Waals surface area contributed by atoms with Crippen molar-refractivity contribution in [1.82, 2.24) is 4.90 Å². The van der Waals surface area contributed by atoms with Gasteiger partial charge >= 0.3 is 5.97 Å². The lowest BCUT2D eigenvalue weighted by Crippen LogP contribution is -2.45. The van der Waals surface area contributed by atoms with Gasteiger partial charge in [-0.15, -0.1) is 0 Å². The van der Waals surface area contributed by atoms with Crippen LogP contribution in [-0.2, 0) is 4.79 Å². The van der Waals surface area contributed by atoms with Crippen LogP contribution in [0.3, 0.4) is 0 Å². The monoisotopic (exact) mass is 295 g/mol. The smallest absolute Gasteiger partial charge is 0.305 e. The van der Waals surface area contributed by atoms with Crippen LogP contribution < -0.4 is 0 Å². The first kappa shape index (κ1) is 14.9. The second-order valence-electron chi connectivity index (χ2n) is 5.21. The predicted octanol–water partition coefficient (Wildman–Crippen LogP) is 3.12. The number of aliphatic carboxylic acids is 1. The molecule has 1 unspecified atom stereocenters. The maximum Gasteiger partial charge on any atom is 0.305 e. The summed E-state index contributed by atoms with van der Waals surface area (Å²) in [5.41, 5.74) is 1.42. The summed E-state index contributed by atoms with van der Waals surface area (Å²) in [4.78, 5) is 25.3. The van der Waals surface area contributed by atoms with E-state index in [4.69, 9.17) is 16.7 Å². The van der Waals surface area contributed by atoms with E-state index in [1.54, 1.807) is 17.0 Å². The van der Waals surface area contributed by atoms with Crippen LogP contribution in [0.4, 0.5) is 0 Å². The lowest BCUT2D eigenvalue weighted by Gasteiger charge is -2.35. The molecule has 20 heavy (non-hydrogen) atoms. The number of piperidine rings is 1. The van der Waals surface area contributed by atoms with Gasteiger partial charge in [-0.25, -0.2) is 0 Å². The van der Waals surface area contributed by atoms with Gasteiger partial charge in [-0.3, -0.25) is 9.59 Å². The molecule has 1 aliphatic rings. The highest BCUT2D eigenvalue weighted by Gasteiger charge is 2.29. The van der Waals surface area contributed by atoms with Crippen LogP contribution in [0, 0.1) is 6.92 Å². The van der Waals surface area contributed by atoms with Crippen LogP contribution in [0.1, 0.15) is 41.6 Å². The molecule has 0 radical (unpaired) electrons. The van der Waals surface area contributed by atoms with Gasteiger partial charge in [-0.2, -0.15) is 0 Å². The predicted molar refractivity (Wildman–Crippen MR) is 77.1 cm³/mol. The molecule has 2 rings (SSSR count). The van der Waals surface area contributed by atoms with Crippen LogP contribution in [0.15, 0.2) is 18.2 Å². The Bertz CT molecular complexity index is 530. The molecule has 108 valence electrons. The molecule has 1 N–H and O–H groups in total. The summed E-state index contributed by atoms with van der Waals surface area (Å²) in [7, 11) is 0. The topological polar surface area (TPSA) is 57.6 Å². The van der Waals surface area contributed by atoms with Gasteiger partial charge in [0.05, 0.1) is 6.42 Å². The normalized spacial score (nSPS) is 18.9. The molecule has 0 spiro atoms. The Hall–Kier alpha value is -1.55. The highest BCUT2D eigenvalue weighted by molar-refractivity contribution is 6.31. The SMILES string of the molecule is Cc1ccc(Cl)cc1C(=O)N1CCCCC1CC(=O)O. The molecule has 1 heterocycles. The number of carbonyl (C=O) groups excluding carboxylic acids is 1. The summed E-state index contributed by atoms with van der Waals surface area (Å²) in [5, 5.41) is 9.49. The third kappa shape index (κ3) is 3.31. The van der Waals surface area contributed by atoms with Crippen LogP contribution in [0.2, 0.25) is 5.02 Å². The van der Waals surface area contributed by atoms with E-state index >= 15 is 0 Å². The van der Waals surface area contributed by atoms with Gasteiger partial charge in [0.25, 0.3) is 5.91 Å². The van der Waals surface area contributed by atoms with E-state index in [0.717, 1.165) is 24.8 Å². The maximum absolute atomic E-state index is 12.6. The number of amides is 1. The van der Waals surface area contributed by atoms with Gasteiger partial charge < -0.3 is 10.0 Å². The third-order valence-corrected chi connectivity index (χ3v) is 3.96. The molecule has 5 heteroatoms. The molecule has 0 aliphatic carbocycles. The molecule has 1 fully saturated rings. The maximum atomic E-state index is 12.6. The molecule has 1 atom stereocenters. The van der Waals surface area contributed by atoms with Gasteiger partial charge in [0, 0.05) is 23.2 Å². The summed E-state index contributed by atoms with van der Waals surface area (Å²) in [5.74, 6) is -0.978.